The third kappa shape index (κ3) is 3.51. The molecule has 0 bridgehead atoms. The number of β-amino-alcohol motifs (C(OH)–C–C–N with tert-alkyl or cyclic N) is 1. The van der Waals surface area contributed by atoms with Gasteiger partial charge in [0.15, 0.2) is 0 Å². The van der Waals surface area contributed by atoms with Crippen LogP contribution in [0.5, 0.6) is 0 Å². The van der Waals surface area contributed by atoms with E-state index in [1.165, 1.54) is 0 Å². The number of halogens is 1. The monoisotopic (exact) mass is 298 g/mol. The van der Waals surface area contributed by atoms with Crippen molar-refractivity contribution in [2.24, 2.45) is 0 Å². The van der Waals surface area contributed by atoms with Gasteiger partial charge in [-0.15, -0.1) is 0 Å². The molecule has 1 aromatic heterocycles. The minimum Gasteiger partial charge on any atom is -0.391 e. The van der Waals surface area contributed by atoms with Crippen molar-refractivity contribution < 1.29 is 9.90 Å². The lowest BCUT2D eigenvalue weighted by molar-refractivity contribution is -0.133. The Labute approximate surface area is 109 Å². The zero-order valence-corrected chi connectivity index (χ0v) is 11.1. The van der Waals surface area contributed by atoms with Crippen molar-refractivity contribution in [1.82, 2.24) is 9.88 Å². The molecule has 1 atom stereocenters. The van der Waals surface area contributed by atoms with Gasteiger partial charge in [0, 0.05) is 29.5 Å². The van der Waals surface area contributed by atoms with E-state index in [2.05, 4.69) is 20.9 Å². The molecule has 2 heterocycles. The molecule has 0 radical (unpaired) electrons. The van der Waals surface area contributed by atoms with E-state index in [1.807, 2.05) is 12.1 Å². The normalized spacial score (nSPS) is 20.4. The van der Waals surface area contributed by atoms with Crippen LogP contribution in [0.3, 0.4) is 0 Å². The van der Waals surface area contributed by atoms with E-state index in [0.717, 1.165) is 29.6 Å². The van der Waals surface area contributed by atoms with Crippen LogP contribution >= 0.6 is 15.9 Å². The minimum absolute atomic E-state index is 0.0403. The highest BCUT2D eigenvalue weighted by molar-refractivity contribution is 9.10. The summed E-state index contributed by atoms with van der Waals surface area (Å²) in [6, 6.07) is 3.71. The van der Waals surface area contributed by atoms with Crippen LogP contribution in [0.1, 0.15) is 18.5 Å². The second kappa shape index (κ2) is 5.60. The molecule has 0 saturated carbocycles. The standard InChI is InChI=1S/C12H15BrN2O2/c13-9-3-4-10(14-7-9)6-12(17)15-5-1-2-11(16)8-15/h3-4,7,11,16H,1-2,5-6,8H2. The number of nitrogens with zero attached hydrogens (tertiary/aromatic N) is 2. The number of hydrogen-bond donors (Lipinski definition) is 1. The first-order chi connectivity index (χ1) is 8.15. The van der Waals surface area contributed by atoms with Gasteiger partial charge in [-0.2, -0.15) is 0 Å². The summed E-state index contributed by atoms with van der Waals surface area (Å²) < 4.78 is 0.905. The summed E-state index contributed by atoms with van der Waals surface area (Å²) in [6.07, 6.45) is 3.29. The predicted molar refractivity (Wildman–Crippen MR) is 67.5 cm³/mol. The Morgan fingerprint density at radius 2 is 2.41 bits per heavy atom. The first-order valence-electron chi connectivity index (χ1n) is 5.71. The number of carbonyl (C=O) groups excluding carboxylic acids is 1. The van der Waals surface area contributed by atoms with Crippen LogP contribution in [0.25, 0.3) is 0 Å². The molecule has 1 amide bonds. The number of hydrogen-bond acceptors (Lipinski definition) is 3. The van der Waals surface area contributed by atoms with E-state index in [-0.39, 0.29) is 12.0 Å². The summed E-state index contributed by atoms with van der Waals surface area (Å²) in [4.78, 5) is 17.9. The summed E-state index contributed by atoms with van der Waals surface area (Å²) >= 11 is 3.31. The lowest BCUT2D eigenvalue weighted by Crippen LogP contribution is -2.42. The Hall–Kier alpha value is -0.940. The second-order valence-corrected chi connectivity index (χ2v) is 5.20. The maximum Gasteiger partial charge on any atom is 0.228 e. The largest absolute Gasteiger partial charge is 0.391 e. The number of likely N-dealkylation sites (tertiary alicyclic amines) is 1. The summed E-state index contributed by atoms with van der Waals surface area (Å²) in [6.45, 7) is 1.20. The highest BCUT2D eigenvalue weighted by atomic mass is 79.9. The van der Waals surface area contributed by atoms with Crippen LogP contribution in [-0.2, 0) is 11.2 Å². The summed E-state index contributed by atoms with van der Waals surface area (Å²) in [5, 5.41) is 9.52. The summed E-state index contributed by atoms with van der Waals surface area (Å²) in [7, 11) is 0. The van der Waals surface area contributed by atoms with Gasteiger partial charge in [0.1, 0.15) is 0 Å². The molecule has 0 aromatic carbocycles. The highest BCUT2D eigenvalue weighted by Gasteiger charge is 2.22. The third-order valence-corrected chi connectivity index (χ3v) is 3.34. The molecule has 92 valence electrons. The van der Waals surface area contributed by atoms with Gasteiger partial charge in [0.25, 0.3) is 0 Å². The van der Waals surface area contributed by atoms with Gasteiger partial charge in [-0.25, -0.2) is 0 Å². The molecule has 1 aliphatic heterocycles. The van der Waals surface area contributed by atoms with Crippen LogP contribution in [-0.4, -0.2) is 40.1 Å². The molecule has 1 unspecified atom stereocenters. The van der Waals surface area contributed by atoms with Gasteiger partial charge in [-0.05, 0) is 40.9 Å². The number of carbonyl (C=O) groups is 1. The molecular formula is C12H15BrN2O2. The van der Waals surface area contributed by atoms with E-state index in [1.54, 1.807) is 11.1 Å². The number of amides is 1. The Balaban J connectivity index is 1.94. The van der Waals surface area contributed by atoms with Gasteiger partial charge >= 0.3 is 0 Å². The second-order valence-electron chi connectivity index (χ2n) is 4.28. The van der Waals surface area contributed by atoms with Gasteiger partial charge in [0.2, 0.25) is 5.91 Å². The molecule has 2 rings (SSSR count). The zero-order valence-electron chi connectivity index (χ0n) is 9.47. The maximum atomic E-state index is 12.0. The zero-order chi connectivity index (χ0) is 12.3. The average Bonchev–Trinajstić information content (AvgIpc) is 2.32. The highest BCUT2D eigenvalue weighted by Crippen LogP contribution is 2.12. The van der Waals surface area contributed by atoms with Crippen molar-refractivity contribution in [2.45, 2.75) is 25.4 Å². The molecular weight excluding hydrogens is 284 g/mol. The average molecular weight is 299 g/mol. The van der Waals surface area contributed by atoms with E-state index in [0.29, 0.717) is 13.0 Å². The maximum absolute atomic E-state index is 12.0. The molecule has 1 saturated heterocycles. The number of pyridine rings is 1. The Bertz CT molecular complexity index is 394. The fourth-order valence-electron chi connectivity index (χ4n) is 1.96. The number of aliphatic hydroxyl groups is 1. The molecule has 1 N–H and O–H groups in total. The first-order valence-corrected chi connectivity index (χ1v) is 6.51. The van der Waals surface area contributed by atoms with Crippen LogP contribution in [0.4, 0.5) is 0 Å². The molecule has 1 aromatic rings. The smallest absolute Gasteiger partial charge is 0.228 e. The number of piperidine rings is 1. The molecule has 0 spiro atoms. The molecule has 17 heavy (non-hydrogen) atoms. The van der Waals surface area contributed by atoms with Gasteiger partial charge in [-0.1, -0.05) is 0 Å². The number of aromatic nitrogens is 1. The molecule has 0 aliphatic carbocycles. The van der Waals surface area contributed by atoms with Crippen molar-refractivity contribution in [1.29, 1.82) is 0 Å². The lowest BCUT2D eigenvalue weighted by atomic mass is 10.1. The van der Waals surface area contributed by atoms with E-state index in [9.17, 15) is 9.90 Å². The fourth-order valence-corrected chi connectivity index (χ4v) is 2.19. The fraction of sp³-hybridized carbons (Fsp3) is 0.500. The van der Waals surface area contributed by atoms with E-state index in [4.69, 9.17) is 0 Å². The lowest BCUT2D eigenvalue weighted by Gasteiger charge is -2.30. The Kier molecular flexibility index (Phi) is 4.12. The third-order valence-electron chi connectivity index (χ3n) is 2.87. The topological polar surface area (TPSA) is 53.4 Å². The van der Waals surface area contributed by atoms with Gasteiger partial charge in [0.05, 0.1) is 12.5 Å². The van der Waals surface area contributed by atoms with Crippen molar-refractivity contribution in [2.75, 3.05) is 13.1 Å². The van der Waals surface area contributed by atoms with Crippen molar-refractivity contribution in [3.8, 4) is 0 Å². The predicted octanol–water partition coefficient (Wildman–Crippen LogP) is 1.37. The summed E-state index contributed by atoms with van der Waals surface area (Å²) in [5.41, 5.74) is 0.762. The van der Waals surface area contributed by atoms with Crippen molar-refractivity contribution in [3.05, 3.63) is 28.5 Å². The molecule has 1 aliphatic rings. The molecule has 1 fully saturated rings. The van der Waals surface area contributed by atoms with Crippen LogP contribution in [0.15, 0.2) is 22.8 Å². The van der Waals surface area contributed by atoms with Crippen LogP contribution < -0.4 is 0 Å². The van der Waals surface area contributed by atoms with Crippen molar-refractivity contribution >= 4 is 21.8 Å². The van der Waals surface area contributed by atoms with E-state index < -0.39 is 0 Å². The van der Waals surface area contributed by atoms with Gasteiger partial charge in [-0.3, -0.25) is 9.78 Å². The SMILES string of the molecule is O=C(Cc1ccc(Br)cn1)N1CCCC(O)C1. The summed E-state index contributed by atoms with van der Waals surface area (Å²) in [5.74, 6) is 0.0403. The van der Waals surface area contributed by atoms with Crippen LogP contribution in [0.2, 0.25) is 0 Å². The van der Waals surface area contributed by atoms with Gasteiger partial charge < -0.3 is 10.0 Å². The minimum atomic E-state index is -0.370. The molecule has 5 heteroatoms. The Morgan fingerprint density at radius 3 is 3.06 bits per heavy atom. The van der Waals surface area contributed by atoms with Crippen LogP contribution in [0, 0.1) is 0 Å². The Morgan fingerprint density at radius 1 is 1.59 bits per heavy atom. The quantitative estimate of drug-likeness (QED) is 0.897. The number of aliphatic hydroxyl groups excluding tert-OH is 1. The first kappa shape index (κ1) is 12.5. The molecule has 4 nitrogen and oxygen atoms in total. The number of rotatable bonds is 2. The van der Waals surface area contributed by atoms with E-state index >= 15 is 0 Å². The van der Waals surface area contributed by atoms with Crippen molar-refractivity contribution in [3.63, 3.8) is 0 Å².